The second-order valence-electron chi connectivity index (χ2n) is 3.54. The summed E-state index contributed by atoms with van der Waals surface area (Å²) in [5.41, 5.74) is 1.13. The van der Waals surface area contributed by atoms with Gasteiger partial charge in [-0.1, -0.05) is 6.07 Å². The van der Waals surface area contributed by atoms with Gasteiger partial charge in [0.25, 0.3) is 0 Å². The molecule has 2 aromatic rings. The molecule has 0 aliphatic heterocycles. The molecule has 0 bridgehead atoms. The minimum absolute atomic E-state index is 0.375. The third-order valence-electron chi connectivity index (χ3n) is 2.42. The summed E-state index contributed by atoms with van der Waals surface area (Å²) < 4.78 is 1.84. The fraction of sp³-hybridized carbons (Fsp3) is 0.364. The molecule has 2 aromatic heterocycles. The highest BCUT2D eigenvalue weighted by atomic mass is 32.1. The Hall–Kier alpha value is -1.13. The first kappa shape index (κ1) is 10.4. The number of hydrogen-bond donors (Lipinski definition) is 1. The molecular formula is C11H15N3S. The SMILES string of the molecule is CNC(Cc1ccn(C)n1)c1cccs1. The average Bonchev–Trinajstić information content (AvgIpc) is 2.85. The van der Waals surface area contributed by atoms with E-state index in [0.717, 1.165) is 12.1 Å². The number of hydrogen-bond acceptors (Lipinski definition) is 3. The van der Waals surface area contributed by atoms with Crippen molar-refractivity contribution in [2.24, 2.45) is 7.05 Å². The molecule has 1 N–H and O–H groups in total. The molecule has 0 fully saturated rings. The van der Waals surface area contributed by atoms with E-state index in [1.807, 2.05) is 25.0 Å². The van der Waals surface area contributed by atoms with E-state index < -0.39 is 0 Å². The van der Waals surface area contributed by atoms with Gasteiger partial charge >= 0.3 is 0 Å². The lowest BCUT2D eigenvalue weighted by molar-refractivity contribution is 0.586. The highest BCUT2D eigenvalue weighted by Crippen LogP contribution is 2.21. The topological polar surface area (TPSA) is 29.9 Å². The van der Waals surface area contributed by atoms with E-state index >= 15 is 0 Å². The number of likely N-dealkylation sites (N-methyl/N-ethyl adjacent to an activating group) is 1. The van der Waals surface area contributed by atoms with Gasteiger partial charge in [-0.05, 0) is 24.6 Å². The zero-order chi connectivity index (χ0) is 10.7. The molecule has 0 aliphatic carbocycles. The van der Waals surface area contributed by atoms with E-state index in [9.17, 15) is 0 Å². The van der Waals surface area contributed by atoms with E-state index in [4.69, 9.17) is 0 Å². The molecule has 0 radical (unpaired) electrons. The third kappa shape index (κ3) is 2.46. The normalized spacial score (nSPS) is 12.9. The van der Waals surface area contributed by atoms with Crippen molar-refractivity contribution in [1.82, 2.24) is 15.1 Å². The molecule has 4 heteroatoms. The van der Waals surface area contributed by atoms with Crippen LogP contribution >= 0.6 is 11.3 Å². The minimum Gasteiger partial charge on any atom is -0.312 e. The summed E-state index contributed by atoms with van der Waals surface area (Å²) in [5.74, 6) is 0. The Kier molecular flexibility index (Phi) is 3.18. The van der Waals surface area contributed by atoms with Crippen molar-refractivity contribution in [3.05, 3.63) is 40.3 Å². The summed E-state index contributed by atoms with van der Waals surface area (Å²) in [6.45, 7) is 0. The largest absolute Gasteiger partial charge is 0.312 e. The molecular weight excluding hydrogens is 206 g/mol. The van der Waals surface area contributed by atoms with Crippen molar-refractivity contribution in [3.8, 4) is 0 Å². The van der Waals surface area contributed by atoms with Gasteiger partial charge in [-0.3, -0.25) is 4.68 Å². The summed E-state index contributed by atoms with van der Waals surface area (Å²) in [6.07, 6.45) is 2.92. The molecule has 0 aromatic carbocycles. The summed E-state index contributed by atoms with van der Waals surface area (Å²) in [7, 11) is 3.94. The molecule has 80 valence electrons. The van der Waals surface area contributed by atoms with Crippen LogP contribution in [0.5, 0.6) is 0 Å². The Morgan fingerprint density at radius 3 is 2.93 bits per heavy atom. The number of rotatable bonds is 4. The van der Waals surface area contributed by atoms with Crippen molar-refractivity contribution >= 4 is 11.3 Å². The lowest BCUT2D eigenvalue weighted by atomic mass is 10.1. The Morgan fingerprint density at radius 1 is 1.53 bits per heavy atom. The number of thiophene rings is 1. The van der Waals surface area contributed by atoms with Gasteiger partial charge in [-0.15, -0.1) is 11.3 Å². The van der Waals surface area contributed by atoms with Crippen molar-refractivity contribution in [3.63, 3.8) is 0 Å². The lowest BCUT2D eigenvalue weighted by Crippen LogP contribution is -2.18. The van der Waals surface area contributed by atoms with Crippen LogP contribution in [0.1, 0.15) is 16.6 Å². The van der Waals surface area contributed by atoms with Gasteiger partial charge in [0.15, 0.2) is 0 Å². The molecule has 15 heavy (non-hydrogen) atoms. The van der Waals surface area contributed by atoms with Gasteiger partial charge in [0.1, 0.15) is 0 Å². The van der Waals surface area contributed by atoms with Gasteiger partial charge in [-0.2, -0.15) is 5.10 Å². The maximum Gasteiger partial charge on any atom is 0.0643 e. The van der Waals surface area contributed by atoms with E-state index in [1.54, 1.807) is 11.3 Å². The lowest BCUT2D eigenvalue weighted by Gasteiger charge is -2.12. The number of aryl methyl sites for hydroxylation is 1. The van der Waals surface area contributed by atoms with E-state index in [1.165, 1.54) is 4.88 Å². The highest BCUT2D eigenvalue weighted by Gasteiger charge is 2.12. The minimum atomic E-state index is 0.375. The Morgan fingerprint density at radius 2 is 2.40 bits per heavy atom. The standard InChI is InChI=1S/C11H15N3S/c1-12-10(11-4-3-7-15-11)8-9-5-6-14(2)13-9/h3-7,10,12H,8H2,1-2H3. The smallest absolute Gasteiger partial charge is 0.0643 e. The van der Waals surface area contributed by atoms with Crippen molar-refractivity contribution in [2.75, 3.05) is 7.05 Å². The second kappa shape index (κ2) is 4.59. The number of nitrogens with zero attached hydrogens (tertiary/aromatic N) is 2. The van der Waals surface area contributed by atoms with Gasteiger partial charge in [0, 0.05) is 30.6 Å². The molecule has 0 amide bonds. The second-order valence-corrected chi connectivity index (χ2v) is 4.52. The maximum atomic E-state index is 4.39. The van der Waals surface area contributed by atoms with Crippen LogP contribution in [-0.2, 0) is 13.5 Å². The first-order chi connectivity index (χ1) is 7.29. The highest BCUT2D eigenvalue weighted by molar-refractivity contribution is 7.10. The summed E-state index contributed by atoms with van der Waals surface area (Å²) in [5, 5.41) is 9.82. The predicted octanol–water partition coefficient (Wildman–Crippen LogP) is 1.98. The first-order valence-electron chi connectivity index (χ1n) is 4.99. The Bertz CT molecular complexity index is 405. The van der Waals surface area contributed by atoms with Gasteiger partial charge in [-0.25, -0.2) is 0 Å². The van der Waals surface area contributed by atoms with Crippen molar-refractivity contribution in [2.45, 2.75) is 12.5 Å². The van der Waals surface area contributed by atoms with Crippen molar-refractivity contribution in [1.29, 1.82) is 0 Å². The molecule has 3 nitrogen and oxygen atoms in total. The third-order valence-corrected chi connectivity index (χ3v) is 3.40. The zero-order valence-corrected chi connectivity index (χ0v) is 9.79. The first-order valence-corrected chi connectivity index (χ1v) is 5.87. The summed E-state index contributed by atoms with van der Waals surface area (Å²) >= 11 is 1.78. The van der Waals surface area contributed by atoms with Crippen LogP contribution in [0.2, 0.25) is 0 Å². The van der Waals surface area contributed by atoms with E-state index in [2.05, 4.69) is 34.0 Å². The van der Waals surface area contributed by atoms with Gasteiger partial charge in [0.05, 0.1) is 5.69 Å². The number of aromatic nitrogens is 2. The van der Waals surface area contributed by atoms with Crippen LogP contribution in [0.15, 0.2) is 29.8 Å². The Balaban J connectivity index is 2.09. The monoisotopic (exact) mass is 221 g/mol. The van der Waals surface area contributed by atoms with Crippen LogP contribution in [-0.4, -0.2) is 16.8 Å². The van der Waals surface area contributed by atoms with E-state index in [0.29, 0.717) is 6.04 Å². The average molecular weight is 221 g/mol. The number of nitrogens with one attached hydrogen (secondary N) is 1. The Labute approximate surface area is 93.7 Å². The van der Waals surface area contributed by atoms with Gasteiger partial charge < -0.3 is 5.32 Å². The zero-order valence-electron chi connectivity index (χ0n) is 8.97. The summed E-state index contributed by atoms with van der Waals surface area (Å²) in [6, 6.07) is 6.69. The molecule has 1 unspecified atom stereocenters. The van der Waals surface area contributed by atoms with Gasteiger partial charge in [0.2, 0.25) is 0 Å². The van der Waals surface area contributed by atoms with Crippen LogP contribution in [0.4, 0.5) is 0 Å². The fourth-order valence-corrected chi connectivity index (χ4v) is 2.45. The van der Waals surface area contributed by atoms with Crippen LogP contribution in [0, 0.1) is 0 Å². The van der Waals surface area contributed by atoms with Crippen LogP contribution < -0.4 is 5.32 Å². The van der Waals surface area contributed by atoms with Crippen molar-refractivity contribution < 1.29 is 0 Å². The molecule has 1 atom stereocenters. The van der Waals surface area contributed by atoms with E-state index in [-0.39, 0.29) is 0 Å². The maximum absolute atomic E-state index is 4.39. The molecule has 0 spiro atoms. The molecule has 2 heterocycles. The fourth-order valence-electron chi connectivity index (χ4n) is 1.62. The molecule has 0 saturated heterocycles. The molecule has 0 aliphatic rings. The predicted molar refractivity (Wildman–Crippen MR) is 63.0 cm³/mol. The quantitative estimate of drug-likeness (QED) is 0.855. The molecule has 2 rings (SSSR count). The van der Waals surface area contributed by atoms with Crippen LogP contribution in [0.25, 0.3) is 0 Å². The molecule has 0 saturated carbocycles. The summed E-state index contributed by atoms with van der Waals surface area (Å²) in [4.78, 5) is 1.36. The van der Waals surface area contributed by atoms with Crippen LogP contribution in [0.3, 0.4) is 0 Å².